The van der Waals surface area contributed by atoms with E-state index in [1.54, 1.807) is 30.2 Å². The summed E-state index contributed by atoms with van der Waals surface area (Å²) in [6.07, 6.45) is 1.62. The molecule has 7 heteroatoms. The van der Waals surface area contributed by atoms with Crippen molar-refractivity contribution in [2.24, 2.45) is 0 Å². The molecule has 0 amide bonds. The van der Waals surface area contributed by atoms with Crippen LogP contribution < -0.4 is 9.62 Å². The summed E-state index contributed by atoms with van der Waals surface area (Å²) < 4.78 is 27.7. The lowest BCUT2D eigenvalue weighted by Gasteiger charge is -2.13. The highest BCUT2D eigenvalue weighted by Gasteiger charge is 2.18. The largest absolute Gasteiger partial charge is 0.347 e. The van der Waals surface area contributed by atoms with Crippen LogP contribution in [0.25, 0.3) is 0 Å². The average Bonchev–Trinajstić information content (AvgIpc) is 2.49. The normalized spacial score (nSPS) is 11.5. The molecule has 0 spiro atoms. The van der Waals surface area contributed by atoms with Crippen LogP contribution in [0.15, 0.2) is 29.3 Å². The third-order valence-electron chi connectivity index (χ3n) is 3.62. The van der Waals surface area contributed by atoms with Crippen molar-refractivity contribution in [3.8, 4) is 0 Å². The lowest BCUT2D eigenvalue weighted by atomic mass is 10.1. The SMILES string of the molecule is Cc1cc(C)c(S(=O)(=O)NCc2ccnc(N(C)C)n2)cc1C. The van der Waals surface area contributed by atoms with Gasteiger partial charge in [-0.25, -0.2) is 23.1 Å². The molecule has 0 aliphatic carbocycles. The first-order valence-electron chi connectivity index (χ1n) is 7.27. The maximum absolute atomic E-state index is 12.5. The van der Waals surface area contributed by atoms with Crippen molar-refractivity contribution < 1.29 is 8.42 Å². The summed E-state index contributed by atoms with van der Waals surface area (Å²) in [4.78, 5) is 10.5. The molecule has 6 nitrogen and oxygen atoms in total. The van der Waals surface area contributed by atoms with Crippen molar-refractivity contribution >= 4 is 16.0 Å². The molecule has 0 saturated heterocycles. The number of anilines is 1. The van der Waals surface area contributed by atoms with Crippen LogP contribution in [-0.4, -0.2) is 32.5 Å². The van der Waals surface area contributed by atoms with Gasteiger partial charge >= 0.3 is 0 Å². The second-order valence-corrected chi connectivity index (χ2v) is 7.50. The Morgan fingerprint density at radius 2 is 1.74 bits per heavy atom. The monoisotopic (exact) mass is 334 g/mol. The Balaban J connectivity index is 2.23. The maximum atomic E-state index is 12.5. The van der Waals surface area contributed by atoms with Crippen LogP contribution in [0, 0.1) is 20.8 Å². The van der Waals surface area contributed by atoms with Crippen molar-refractivity contribution in [2.75, 3.05) is 19.0 Å². The summed E-state index contributed by atoms with van der Waals surface area (Å²) in [6, 6.07) is 5.29. The van der Waals surface area contributed by atoms with Crippen molar-refractivity contribution in [1.29, 1.82) is 0 Å². The lowest BCUT2D eigenvalue weighted by Crippen LogP contribution is -2.25. The van der Waals surface area contributed by atoms with Crippen LogP contribution in [0.3, 0.4) is 0 Å². The number of nitrogens with one attached hydrogen (secondary N) is 1. The van der Waals surface area contributed by atoms with Crippen molar-refractivity contribution in [3.63, 3.8) is 0 Å². The van der Waals surface area contributed by atoms with Gasteiger partial charge < -0.3 is 4.90 Å². The van der Waals surface area contributed by atoms with Crippen molar-refractivity contribution in [2.45, 2.75) is 32.2 Å². The van der Waals surface area contributed by atoms with E-state index in [4.69, 9.17) is 0 Å². The molecule has 0 aliphatic heterocycles. The zero-order valence-electron chi connectivity index (χ0n) is 14.1. The van der Waals surface area contributed by atoms with E-state index in [1.165, 1.54) is 0 Å². The first-order valence-corrected chi connectivity index (χ1v) is 8.76. The summed E-state index contributed by atoms with van der Waals surface area (Å²) in [5.74, 6) is 0.545. The Labute approximate surface area is 137 Å². The summed E-state index contributed by atoms with van der Waals surface area (Å²) in [6.45, 7) is 5.80. The lowest BCUT2D eigenvalue weighted by molar-refractivity contribution is 0.579. The summed E-state index contributed by atoms with van der Waals surface area (Å²) >= 11 is 0. The Morgan fingerprint density at radius 1 is 1.09 bits per heavy atom. The second kappa shape index (κ2) is 6.64. The van der Waals surface area contributed by atoms with Crippen molar-refractivity contribution in [3.05, 3.63) is 46.8 Å². The van der Waals surface area contributed by atoms with E-state index in [0.29, 0.717) is 16.5 Å². The van der Waals surface area contributed by atoms with Gasteiger partial charge in [0.05, 0.1) is 17.1 Å². The molecule has 2 aromatic rings. The summed E-state index contributed by atoms with van der Waals surface area (Å²) in [5.41, 5.74) is 3.38. The molecular formula is C16H22N4O2S. The minimum Gasteiger partial charge on any atom is -0.347 e. The molecule has 0 aliphatic rings. The van der Waals surface area contributed by atoms with Gasteiger partial charge in [0.2, 0.25) is 16.0 Å². The third kappa shape index (κ3) is 4.05. The Morgan fingerprint density at radius 3 is 2.39 bits per heavy atom. The predicted octanol–water partition coefficient (Wildman–Crippen LogP) is 1.95. The van der Waals surface area contributed by atoms with E-state index in [-0.39, 0.29) is 6.54 Å². The molecule has 1 N–H and O–H groups in total. The minimum absolute atomic E-state index is 0.123. The zero-order chi connectivity index (χ0) is 17.2. The number of aryl methyl sites for hydroxylation is 3. The van der Waals surface area contributed by atoms with Crippen LogP contribution in [0.1, 0.15) is 22.4 Å². The second-order valence-electron chi connectivity index (χ2n) is 5.77. The van der Waals surface area contributed by atoms with E-state index in [9.17, 15) is 8.42 Å². The van der Waals surface area contributed by atoms with Gasteiger partial charge in [0.1, 0.15) is 0 Å². The smallest absolute Gasteiger partial charge is 0.241 e. The fourth-order valence-corrected chi connectivity index (χ4v) is 3.48. The number of benzene rings is 1. The van der Waals surface area contributed by atoms with Crippen LogP contribution in [-0.2, 0) is 16.6 Å². The molecular weight excluding hydrogens is 312 g/mol. The van der Waals surface area contributed by atoms with Crippen LogP contribution in [0.5, 0.6) is 0 Å². The van der Waals surface area contributed by atoms with E-state index in [1.807, 2.05) is 34.0 Å². The summed E-state index contributed by atoms with van der Waals surface area (Å²) in [5, 5.41) is 0. The molecule has 0 unspecified atom stereocenters. The molecule has 1 aromatic heterocycles. The Kier molecular flexibility index (Phi) is 5.01. The molecule has 1 heterocycles. The van der Waals surface area contributed by atoms with Gasteiger partial charge in [0.15, 0.2) is 0 Å². The van der Waals surface area contributed by atoms with Gasteiger partial charge in [0, 0.05) is 20.3 Å². The molecule has 0 atom stereocenters. The highest BCUT2D eigenvalue weighted by molar-refractivity contribution is 7.89. The Bertz CT molecular complexity index is 817. The predicted molar refractivity (Wildman–Crippen MR) is 91.0 cm³/mol. The number of aromatic nitrogens is 2. The molecule has 0 fully saturated rings. The first-order chi connectivity index (χ1) is 10.7. The van der Waals surface area contributed by atoms with Gasteiger partial charge in [0.25, 0.3) is 0 Å². The van der Waals surface area contributed by atoms with Gasteiger partial charge in [-0.15, -0.1) is 0 Å². The van der Waals surface area contributed by atoms with Crippen LogP contribution in [0.2, 0.25) is 0 Å². The molecule has 2 rings (SSSR count). The molecule has 0 radical (unpaired) electrons. The molecule has 23 heavy (non-hydrogen) atoms. The highest BCUT2D eigenvalue weighted by Crippen LogP contribution is 2.20. The van der Waals surface area contributed by atoms with E-state index in [2.05, 4.69) is 14.7 Å². The van der Waals surface area contributed by atoms with Gasteiger partial charge in [-0.05, 0) is 49.6 Å². The minimum atomic E-state index is -3.59. The van der Waals surface area contributed by atoms with E-state index < -0.39 is 10.0 Å². The number of hydrogen-bond acceptors (Lipinski definition) is 5. The number of hydrogen-bond donors (Lipinski definition) is 1. The van der Waals surface area contributed by atoms with E-state index in [0.717, 1.165) is 16.7 Å². The van der Waals surface area contributed by atoms with Crippen LogP contribution in [0.4, 0.5) is 5.95 Å². The first kappa shape index (κ1) is 17.4. The van der Waals surface area contributed by atoms with Crippen molar-refractivity contribution in [1.82, 2.24) is 14.7 Å². The van der Waals surface area contributed by atoms with E-state index >= 15 is 0 Å². The topological polar surface area (TPSA) is 75.2 Å². The molecule has 124 valence electrons. The maximum Gasteiger partial charge on any atom is 0.241 e. The van der Waals surface area contributed by atoms with Crippen LogP contribution >= 0.6 is 0 Å². The quantitative estimate of drug-likeness (QED) is 0.904. The Hall–Kier alpha value is -1.99. The molecule has 1 aromatic carbocycles. The van der Waals surface area contributed by atoms with Gasteiger partial charge in [-0.2, -0.15) is 0 Å². The highest BCUT2D eigenvalue weighted by atomic mass is 32.2. The van der Waals surface area contributed by atoms with Gasteiger partial charge in [-0.3, -0.25) is 0 Å². The number of rotatable bonds is 5. The number of sulfonamides is 1. The summed E-state index contributed by atoms with van der Waals surface area (Å²) in [7, 11) is 0.0846. The third-order valence-corrected chi connectivity index (χ3v) is 5.17. The fraction of sp³-hybridized carbons (Fsp3) is 0.375. The fourth-order valence-electron chi connectivity index (χ4n) is 2.17. The number of nitrogens with zero attached hydrogens (tertiary/aromatic N) is 3. The van der Waals surface area contributed by atoms with Gasteiger partial charge in [-0.1, -0.05) is 6.07 Å². The average molecular weight is 334 g/mol. The molecule has 0 saturated carbocycles. The standard InChI is InChI=1S/C16H22N4O2S/c1-11-8-13(3)15(9-12(11)2)23(21,22)18-10-14-6-7-17-16(19-14)20(4)5/h6-9,18H,10H2,1-5H3. The molecule has 0 bridgehead atoms. The zero-order valence-corrected chi connectivity index (χ0v) is 14.9.